The molecule has 0 radical (unpaired) electrons. The standard InChI is InChI=1S/C18H20BrNOS/c1-12(2)14-8-4-6-10-16(14)20-18(21)13(3)22-17-11-7-5-9-15(17)19/h4-13H,1-3H3,(H,20,21). The fraction of sp³-hybridized carbons (Fsp3) is 0.278. The Balaban J connectivity index is 2.08. The number of hydrogen-bond acceptors (Lipinski definition) is 2. The molecule has 0 heterocycles. The van der Waals surface area contributed by atoms with Gasteiger partial charge < -0.3 is 5.32 Å². The summed E-state index contributed by atoms with van der Waals surface area (Å²) in [6.45, 7) is 6.19. The minimum atomic E-state index is -0.168. The lowest BCUT2D eigenvalue weighted by Crippen LogP contribution is -2.23. The molecule has 2 aromatic carbocycles. The second kappa shape index (κ2) is 7.84. The van der Waals surface area contributed by atoms with E-state index in [1.807, 2.05) is 49.4 Å². The van der Waals surface area contributed by atoms with Gasteiger partial charge in [-0.2, -0.15) is 0 Å². The first-order valence-electron chi connectivity index (χ1n) is 7.30. The van der Waals surface area contributed by atoms with Gasteiger partial charge in [0.2, 0.25) is 5.91 Å². The number of amides is 1. The van der Waals surface area contributed by atoms with Crippen molar-refractivity contribution in [2.45, 2.75) is 36.8 Å². The smallest absolute Gasteiger partial charge is 0.237 e. The van der Waals surface area contributed by atoms with Crippen molar-refractivity contribution in [2.75, 3.05) is 5.32 Å². The Kier molecular flexibility index (Phi) is 6.09. The summed E-state index contributed by atoms with van der Waals surface area (Å²) < 4.78 is 1.02. The van der Waals surface area contributed by atoms with Gasteiger partial charge in [-0.3, -0.25) is 4.79 Å². The number of benzene rings is 2. The first-order valence-corrected chi connectivity index (χ1v) is 8.97. The molecule has 1 unspecified atom stereocenters. The third-order valence-electron chi connectivity index (χ3n) is 3.35. The molecule has 22 heavy (non-hydrogen) atoms. The molecule has 2 rings (SSSR count). The number of nitrogens with one attached hydrogen (secondary N) is 1. The number of para-hydroxylation sites is 1. The lowest BCUT2D eigenvalue weighted by atomic mass is 10.0. The van der Waals surface area contributed by atoms with Gasteiger partial charge in [0, 0.05) is 15.1 Å². The van der Waals surface area contributed by atoms with Crippen molar-refractivity contribution in [2.24, 2.45) is 0 Å². The topological polar surface area (TPSA) is 29.1 Å². The molecule has 116 valence electrons. The Bertz CT molecular complexity index is 657. The van der Waals surface area contributed by atoms with Gasteiger partial charge in [-0.25, -0.2) is 0 Å². The van der Waals surface area contributed by atoms with Gasteiger partial charge in [0.1, 0.15) is 0 Å². The summed E-state index contributed by atoms with van der Waals surface area (Å²) in [5, 5.41) is 2.89. The SMILES string of the molecule is CC(Sc1ccccc1Br)C(=O)Nc1ccccc1C(C)C. The summed E-state index contributed by atoms with van der Waals surface area (Å²) in [4.78, 5) is 13.5. The van der Waals surface area contributed by atoms with E-state index >= 15 is 0 Å². The van der Waals surface area contributed by atoms with Crippen LogP contribution in [-0.2, 0) is 4.79 Å². The van der Waals surface area contributed by atoms with E-state index in [-0.39, 0.29) is 11.2 Å². The van der Waals surface area contributed by atoms with Crippen molar-refractivity contribution in [3.8, 4) is 0 Å². The number of rotatable bonds is 5. The lowest BCUT2D eigenvalue weighted by molar-refractivity contribution is -0.115. The molecule has 2 aromatic rings. The van der Waals surface area contributed by atoms with Gasteiger partial charge in [-0.15, -0.1) is 11.8 Å². The number of hydrogen-bond donors (Lipinski definition) is 1. The van der Waals surface area contributed by atoms with Gasteiger partial charge in [0.15, 0.2) is 0 Å². The van der Waals surface area contributed by atoms with Gasteiger partial charge in [-0.1, -0.05) is 44.2 Å². The van der Waals surface area contributed by atoms with Crippen molar-refractivity contribution in [1.29, 1.82) is 0 Å². The van der Waals surface area contributed by atoms with Crippen LogP contribution >= 0.6 is 27.7 Å². The molecule has 2 nitrogen and oxygen atoms in total. The lowest BCUT2D eigenvalue weighted by Gasteiger charge is -2.16. The normalized spacial score (nSPS) is 12.2. The van der Waals surface area contributed by atoms with Gasteiger partial charge in [0.25, 0.3) is 0 Å². The molecule has 0 aliphatic carbocycles. The fourth-order valence-electron chi connectivity index (χ4n) is 2.13. The van der Waals surface area contributed by atoms with Crippen LogP contribution in [0.2, 0.25) is 0 Å². The summed E-state index contributed by atoms with van der Waals surface area (Å²) in [5.74, 6) is 0.400. The Hall–Kier alpha value is -1.26. The molecule has 0 bridgehead atoms. The Morgan fingerprint density at radius 1 is 1.05 bits per heavy atom. The molecule has 1 amide bonds. The van der Waals surface area contributed by atoms with E-state index in [1.54, 1.807) is 11.8 Å². The molecule has 0 aliphatic heterocycles. The van der Waals surface area contributed by atoms with Crippen molar-refractivity contribution < 1.29 is 4.79 Å². The highest BCUT2D eigenvalue weighted by Gasteiger charge is 2.17. The summed E-state index contributed by atoms with van der Waals surface area (Å²) >= 11 is 5.07. The quantitative estimate of drug-likeness (QED) is 0.677. The maximum absolute atomic E-state index is 12.5. The molecule has 4 heteroatoms. The van der Waals surface area contributed by atoms with Crippen LogP contribution in [0.15, 0.2) is 57.9 Å². The molecule has 1 atom stereocenters. The molecular weight excluding hydrogens is 358 g/mol. The van der Waals surface area contributed by atoms with Crippen LogP contribution in [-0.4, -0.2) is 11.2 Å². The van der Waals surface area contributed by atoms with Crippen LogP contribution in [0.3, 0.4) is 0 Å². The Morgan fingerprint density at radius 3 is 2.36 bits per heavy atom. The number of halogens is 1. The van der Waals surface area contributed by atoms with Crippen molar-refractivity contribution >= 4 is 39.3 Å². The molecule has 0 fully saturated rings. The maximum Gasteiger partial charge on any atom is 0.237 e. The zero-order valence-electron chi connectivity index (χ0n) is 13.0. The fourth-order valence-corrected chi connectivity index (χ4v) is 3.58. The minimum Gasteiger partial charge on any atom is -0.325 e. The predicted molar refractivity (Wildman–Crippen MR) is 98.6 cm³/mol. The summed E-state index contributed by atoms with van der Waals surface area (Å²) in [6.07, 6.45) is 0. The second-order valence-electron chi connectivity index (χ2n) is 5.42. The van der Waals surface area contributed by atoms with Crippen LogP contribution in [0.4, 0.5) is 5.69 Å². The summed E-state index contributed by atoms with van der Waals surface area (Å²) in [7, 11) is 0. The van der Waals surface area contributed by atoms with Crippen LogP contribution in [0.5, 0.6) is 0 Å². The van der Waals surface area contributed by atoms with E-state index in [9.17, 15) is 4.79 Å². The summed E-state index contributed by atoms with van der Waals surface area (Å²) in [5.41, 5.74) is 2.07. The third kappa shape index (κ3) is 4.37. The van der Waals surface area contributed by atoms with Crippen molar-refractivity contribution in [3.63, 3.8) is 0 Å². The van der Waals surface area contributed by atoms with Crippen molar-refractivity contribution in [3.05, 3.63) is 58.6 Å². The van der Waals surface area contributed by atoms with Gasteiger partial charge in [-0.05, 0) is 52.5 Å². The highest BCUT2D eigenvalue weighted by atomic mass is 79.9. The number of carbonyl (C=O) groups excluding carboxylic acids is 1. The molecule has 0 aromatic heterocycles. The van der Waals surface area contributed by atoms with Crippen LogP contribution in [0.25, 0.3) is 0 Å². The van der Waals surface area contributed by atoms with Crippen LogP contribution < -0.4 is 5.32 Å². The highest BCUT2D eigenvalue weighted by Crippen LogP contribution is 2.31. The number of anilines is 1. The first kappa shape index (κ1) is 17.1. The number of thioether (sulfide) groups is 1. The van der Waals surface area contributed by atoms with Gasteiger partial charge >= 0.3 is 0 Å². The largest absolute Gasteiger partial charge is 0.325 e. The van der Waals surface area contributed by atoms with Crippen molar-refractivity contribution in [1.82, 2.24) is 0 Å². The zero-order valence-corrected chi connectivity index (χ0v) is 15.4. The molecule has 0 saturated heterocycles. The van der Waals surface area contributed by atoms with Gasteiger partial charge in [0.05, 0.1) is 5.25 Å². The van der Waals surface area contributed by atoms with E-state index in [0.717, 1.165) is 20.6 Å². The summed E-state index contributed by atoms with van der Waals surface area (Å²) in [6, 6.07) is 15.9. The van der Waals surface area contributed by atoms with Crippen LogP contribution in [0, 0.1) is 0 Å². The Labute approximate surface area is 144 Å². The minimum absolute atomic E-state index is 0.0221. The zero-order chi connectivity index (χ0) is 16.1. The van der Waals surface area contributed by atoms with E-state index in [4.69, 9.17) is 0 Å². The average molecular weight is 378 g/mol. The molecular formula is C18H20BrNOS. The van der Waals surface area contributed by atoms with E-state index in [2.05, 4.69) is 41.2 Å². The van der Waals surface area contributed by atoms with E-state index in [1.165, 1.54) is 0 Å². The average Bonchev–Trinajstić information content (AvgIpc) is 2.49. The van der Waals surface area contributed by atoms with E-state index in [0.29, 0.717) is 5.92 Å². The molecule has 0 saturated carbocycles. The maximum atomic E-state index is 12.5. The second-order valence-corrected chi connectivity index (χ2v) is 7.66. The molecule has 0 spiro atoms. The molecule has 1 N–H and O–H groups in total. The van der Waals surface area contributed by atoms with E-state index < -0.39 is 0 Å². The third-order valence-corrected chi connectivity index (χ3v) is 5.48. The number of carbonyl (C=O) groups is 1. The molecule has 0 aliphatic rings. The first-order chi connectivity index (χ1) is 10.5. The monoisotopic (exact) mass is 377 g/mol. The van der Waals surface area contributed by atoms with Crippen LogP contribution in [0.1, 0.15) is 32.3 Å². The Morgan fingerprint density at radius 2 is 1.68 bits per heavy atom. The predicted octanol–water partition coefficient (Wildman–Crippen LogP) is 5.69. The highest BCUT2D eigenvalue weighted by molar-refractivity contribution is 9.10.